The molecule has 0 unspecified atom stereocenters. The number of carbonyl (C=O) groups excluding carboxylic acids is 2. The van der Waals surface area contributed by atoms with E-state index in [1.165, 1.54) is 0 Å². The van der Waals surface area contributed by atoms with E-state index >= 15 is 0 Å². The zero-order valence-corrected chi connectivity index (χ0v) is 17.4. The van der Waals surface area contributed by atoms with Gasteiger partial charge in [-0.2, -0.15) is 0 Å². The van der Waals surface area contributed by atoms with Crippen molar-refractivity contribution in [3.8, 4) is 11.5 Å². The maximum absolute atomic E-state index is 13.1. The summed E-state index contributed by atoms with van der Waals surface area (Å²) in [6.07, 6.45) is 1.98. The number of phenolic OH excluding ortho intramolecular Hbond substituents is 1. The number of benzene rings is 2. The minimum atomic E-state index is -0.571. The van der Waals surface area contributed by atoms with Crippen LogP contribution in [0.3, 0.4) is 0 Å². The fourth-order valence-corrected chi connectivity index (χ4v) is 4.18. The second-order valence-corrected chi connectivity index (χ2v) is 7.66. The second-order valence-electron chi connectivity index (χ2n) is 7.66. The van der Waals surface area contributed by atoms with E-state index in [1.807, 2.05) is 43.3 Å². The minimum absolute atomic E-state index is 0.0207. The van der Waals surface area contributed by atoms with Gasteiger partial charge in [0.1, 0.15) is 24.7 Å². The molecule has 0 saturated heterocycles. The number of dihydropyridines is 1. The fourth-order valence-electron chi connectivity index (χ4n) is 4.18. The molecule has 2 aromatic rings. The van der Waals surface area contributed by atoms with Crippen LogP contribution in [0.15, 0.2) is 77.1 Å². The first-order chi connectivity index (χ1) is 15.0. The maximum atomic E-state index is 13.1. The maximum Gasteiger partial charge on any atom is 0.336 e. The van der Waals surface area contributed by atoms with Gasteiger partial charge in [-0.1, -0.05) is 30.3 Å². The molecule has 6 heteroatoms. The number of ether oxygens (including phenoxy) is 2. The second kappa shape index (κ2) is 9.08. The van der Waals surface area contributed by atoms with Gasteiger partial charge in [-0.05, 0) is 49.6 Å². The summed E-state index contributed by atoms with van der Waals surface area (Å²) in [7, 11) is 0. The van der Waals surface area contributed by atoms with Gasteiger partial charge in [0.2, 0.25) is 0 Å². The number of hydrogen-bond donors (Lipinski definition) is 2. The first-order valence-electron chi connectivity index (χ1n) is 10.4. The third-order valence-electron chi connectivity index (χ3n) is 5.53. The largest absolute Gasteiger partial charge is 0.508 e. The van der Waals surface area contributed by atoms with Crippen molar-refractivity contribution in [3.63, 3.8) is 0 Å². The van der Waals surface area contributed by atoms with E-state index in [0.29, 0.717) is 34.6 Å². The van der Waals surface area contributed by atoms with E-state index in [0.717, 1.165) is 18.5 Å². The minimum Gasteiger partial charge on any atom is -0.508 e. The zero-order valence-electron chi connectivity index (χ0n) is 17.4. The zero-order chi connectivity index (χ0) is 21.8. The Hall–Kier alpha value is -3.54. The van der Waals surface area contributed by atoms with E-state index in [4.69, 9.17) is 9.47 Å². The molecule has 0 aromatic heterocycles. The predicted molar refractivity (Wildman–Crippen MR) is 115 cm³/mol. The normalized spacial score (nSPS) is 18.4. The van der Waals surface area contributed by atoms with Crippen LogP contribution in [0, 0.1) is 0 Å². The molecular formula is C25H25NO5. The highest BCUT2D eigenvalue weighted by Crippen LogP contribution is 2.43. The molecule has 0 fully saturated rings. The Morgan fingerprint density at radius 2 is 1.90 bits per heavy atom. The Bertz CT molecular complexity index is 1050. The molecule has 4 rings (SSSR count). The third kappa shape index (κ3) is 4.48. The van der Waals surface area contributed by atoms with Crippen molar-refractivity contribution in [2.45, 2.75) is 32.1 Å². The number of aromatic hydroxyl groups is 1. The number of nitrogens with one attached hydrogen (secondary N) is 1. The van der Waals surface area contributed by atoms with Crippen LogP contribution in [0.2, 0.25) is 0 Å². The number of ketones is 1. The molecule has 0 bridgehead atoms. The first-order valence-corrected chi connectivity index (χ1v) is 10.4. The van der Waals surface area contributed by atoms with Crippen LogP contribution in [0.25, 0.3) is 0 Å². The summed E-state index contributed by atoms with van der Waals surface area (Å²) in [5.41, 5.74) is 3.19. The monoisotopic (exact) mass is 419 g/mol. The number of para-hydroxylation sites is 1. The number of allylic oxidation sites excluding steroid dienone is 3. The van der Waals surface area contributed by atoms with Crippen molar-refractivity contribution < 1.29 is 24.2 Å². The lowest BCUT2D eigenvalue weighted by Crippen LogP contribution is -2.34. The van der Waals surface area contributed by atoms with Gasteiger partial charge in [0.25, 0.3) is 0 Å². The summed E-state index contributed by atoms with van der Waals surface area (Å²) in [6, 6.07) is 16.0. The number of rotatable bonds is 6. The number of phenols is 1. The van der Waals surface area contributed by atoms with Crippen molar-refractivity contribution in [1.82, 2.24) is 5.32 Å². The molecule has 6 nitrogen and oxygen atoms in total. The van der Waals surface area contributed by atoms with Crippen LogP contribution in [0.5, 0.6) is 11.5 Å². The van der Waals surface area contributed by atoms with Gasteiger partial charge in [0.05, 0.1) is 5.57 Å². The molecule has 0 radical (unpaired) electrons. The molecule has 0 amide bonds. The Kier molecular flexibility index (Phi) is 6.07. The van der Waals surface area contributed by atoms with Gasteiger partial charge < -0.3 is 19.9 Å². The van der Waals surface area contributed by atoms with Crippen molar-refractivity contribution in [2.24, 2.45) is 0 Å². The summed E-state index contributed by atoms with van der Waals surface area (Å²) in [4.78, 5) is 25.9. The Morgan fingerprint density at radius 1 is 1.10 bits per heavy atom. The van der Waals surface area contributed by atoms with Crippen LogP contribution in [0.4, 0.5) is 0 Å². The molecule has 0 saturated carbocycles. The number of Topliss-reactive ketones (excluding diaryl/α,β-unsaturated/α-hetero) is 1. The van der Waals surface area contributed by atoms with Crippen molar-refractivity contribution in [1.29, 1.82) is 0 Å². The summed E-state index contributed by atoms with van der Waals surface area (Å²) in [6.45, 7) is 2.12. The summed E-state index contributed by atoms with van der Waals surface area (Å²) < 4.78 is 11.1. The third-order valence-corrected chi connectivity index (χ3v) is 5.53. The molecule has 31 heavy (non-hydrogen) atoms. The van der Waals surface area contributed by atoms with Crippen LogP contribution in [-0.2, 0) is 14.3 Å². The Balaban J connectivity index is 1.56. The van der Waals surface area contributed by atoms with Gasteiger partial charge in [0.15, 0.2) is 5.78 Å². The topological polar surface area (TPSA) is 84.9 Å². The SMILES string of the molecule is CC1=C(C(=O)OCCOc2ccccc2)[C@@H](c2cccc(O)c2)C2=C(CCCC2=O)N1. The highest BCUT2D eigenvalue weighted by molar-refractivity contribution is 6.03. The number of esters is 1. The van der Waals surface area contributed by atoms with Crippen LogP contribution in [0.1, 0.15) is 37.7 Å². The Morgan fingerprint density at radius 3 is 2.68 bits per heavy atom. The van der Waals surface area contributed by atoms with Crippen LogP contribution in [-0.4, -0.2) is 30.1 Å². The average Bonchev–Trinajstić information content (AvgIpc) is 2.76. The smallest absolute Gasteiger partial charge is 0.336 e. The van der Waals surface area contributed by atoms with Gasteiger partial charge >= 0.3 is 5.97 Å². The lowest BCUT2D eigenvalue weighted by molar-refractivity contribution is -0.140. The molecule has 2 aliphatic rings. The van der Waals surface area contributed by atoms with Crippen molar-refractivity contribution >= 4 is 11.8 Å². The number of hydrogen-bond acceptors (Lipinski definition) is 6. The van der Waals surface area contributed by atoms with Crippen LogP contribution >= 0.6 is 0 Å². The standard InChI is InChI=1S/C25H25NO5/c1-16-22(25(29)31-14-13-30-19-9-3-2-4-10-19)23(17-7-5-8-18(27)15-17)24-20(26-16)11-6-12-21(24)28/h2-5,7-10,15,23,26-27H,6,11-14H2,1H3/t23-/m1/s1. The lowest BCUT2D eigenvalue weighted by Gasteiger charge is -2.34. The molecule has 2 N–H and O–H groups in total. The van der Waals surface area contributed by atoms with Crippen molar-refractivity contribution in [2.75, 3.05) is 13.2 Å². The predicted octanol–water partition coefficient (Wildman–Crippen LogP) is 3.98. The van der Waals surface area contributed by atoms with Gasteiger partial charge in [-0.15, -0.1) is 0 Å². The van der Waals surface area contributed by atoms with Crippen LogP contribution < -0.4 is 10.1 Å². The molecule has 0 spiro atoms. The first kappa shape index (κ1) is 20.7. The summed E-state index contributed by atoms with van der Waals surface area (Å²) in [5.74, 6) is -0.262. The number of carbonyl (C=O) groups is 2. The Labute approximate surface area is 181 Å². The molecule has 1 heterocycles. The highest BCUT2D eigenvalue weighted by Gasteiger charge is 2.39. The fraction of sp³-hybridized carbons (Fsp3) is 0.280. The molecular weight excluding hydrogens is 394 g/mol. The molecule has 1 aliphatic heterocycles. The molecule has 1 aliphatic carbocycles. The van der Waals surface area contributed by atoms with E-state index in [2.05, 4.69) is 5.32 Å². The quantitative estimate of drug-likeness (QED) is 0.544. The molecule has 2 aromatic carbocycles. The van der Waals surface area contributed by atoms with Gasteiger partial charge in [0, 0.05) is 29.3 Å². The average molecular weight is 419 g/mol. The highest BCUT2D eigenvalue weighted by atomic mass is 16.6. The summed E-state index contributed by atoms with van der Waals surface area (Å²) in [5, 5.41) is 13.3. The summed E-state index contributed by atoms with van der Waals surface area (Å²) >= 11 is 0. The molecule has 160 valence electrons. The van der Waals surface area contributed by atoms with E-state index in [9.17, 15) is 14.7 Å². The van der Waals surface area contributed by atoms with E-state index in [-0.39, 0.29) is 24.7 Å². The van der Waals surface area contributed by atoms with E-state index in [1.54, 1.807) is 18.2 Å². The molecule has 1 atom stereocenters. The lowest BCUT2D eigenvalue weighted by atomic mass is 9.75. The van der Waals surface area contributed by atoms with Gasteiger partial charge in [-0.25, -0.2) is 4.79 Å². The van der Waals surface area contributed by atoms with Crippen molar-refractivity contribution in [3.05, 3.63) is 82.7 Å². The van der Waals surface area contributed by atoms with E-state index < -0.39 is 11.9 Å². The van der Waals surface area contributed by atoms with Gasteiger partial charge in [-0.3, -0.25) is 4.79 Å².